The number of amides is 2. The molecule has 1 atom stereocenters. The van der Waals surface area contributed by atoms with Crippen molar-refractivity contribution in [1.82, 2.24) is 10.2 Å². The molecule has 1 saturated heterocycles. The van der Waals surface area contributed by atoms with Gasteiger partial charge in [0.05, 0.1) is 35.6 Å². The van der Waals surface area contributed by atoms with Gasteiger partial charge in [-0.2, -0.15) is 0 Å². The molecule has 1 unspecified atom stereocenters. The van der Waals surface area contributed by atoms with Gasteiger partial charge in [-0.05, 0) is 43.3 Å². The third-order valence-electron chi connectivity index (χ3n) is 7.20. The van der Waals surface area contributed by atoms with Crippen molar-refractivity contribution < 1.29 is 23.7 Å². The zero-order chi connectivity index (χ0) is 25.6. The molecule has 11 heteroatoms. The molecule has 1 spiro atoms. The first-order chi connectivity index (χ1) is 18.0. The molecule has 2 saturated carbocycles. The van der Waals surface area contributed by atoms with E-state index in [1.54, 1.807) is 19.4 Å². The van der Waals surface area contributed by atoms with E-state index >= 15 is 0 Å². The van der Waals surface area contributed by atoms with E-state index in [0.29, 0.717) is 23.0 Å². The summed E-state index contributed by atoms with van der Waals surface area (Å²) in [6, 6.07) is 7.18. The van der Waals surface area contributed by atoms with Gasteiger partial charge in [-0.1, -0.05) is 16.8 Å². The van der Waals surface area contributed by atoms with Crippen LogP contribution < -0.4 is 21.1 Å². The minimum Gasteiger partial charge on any atom is -0.494 e. The zero-order valence-electron chi connectivity index (χ0n) is 20.4. The third kappa shape index (κ3) is 4.57. The summed E-state index contributed by atoms with van der Waals surface area (Å²) in [5.41, 5.74) is 8.10. The van der Waals surface area contributed by atoms with Crippen molar-refractivity contribution in [3.8, 4) is 5.75 Å². The molecule has 2 aliphatic heterocycles. The predicted octanol–water partition coefficient (Wildman–Crippen LogP) is 2.67. The Morgan fingerprint density at radius 1 is 1.22 bits per heavy atom. The number of rotatable bonds is 8. The first-order valence-corrected chi connectivity index (χ1v) is 12.4. The fourth-order valence-electron chi connectivity index (χ4n) is 4.88. The van der Waals surface area contributed by atoms with Crippen LogP contribution >= 0.6 is 0 Å². The van der Waals surface area contributed by atoms with Crippen molar-refractivity contribution in [3.63, 3.8) is 0 Å². The Hall–Kier alpha value is -4.12. The number of benzene rings is 1. The quantitative estimate of drug-likeness (QED) is 0.471. The highest BCUT2D eigenvalue weighted by Gasteiger charge is 2.55. The molecule has 2 aliphatic carbocycles. The van der Waals surface area contributed by atoms with Crippen molar-refractivity contribution in [2.75, 3.05) is 24.4 Å². The molecule has 3 heterocycles. The number of aromatic nitrogens is 2. The summed E-state index contributed by atoms with van der Waals surface area (Å²) >= 11 is 0. The van der Waals surface area contributed by atoms with E-state index in [4.69, 9.17) is 15.2 Å². The number of carbonyl (C=O) groups excluding carboxylic acids is 2. The van der Waals surface area contributed by atoms with E-state index in [2.05, 4.69) is 32.1 Å². The zero-order valence-corrected chi connectivity index (χ0v) is 20.4. The standard InChI is InChI=1S/C26H27N7O4/c1-36-23-18(16-12-28-33(13-16)14-17-7-10-37-26(17)8-9-26)3-2-4-19(23)29-20-11-21(30-25(35)15-5-6-15)31-32-22(20)24(27)34/h2-4,11-15,17H,5-10H2,1H3,(H3-,27,29,30,31,34,35)/p+1/b33-14-. The average Bonchev–Trinajstić information content (AvgIpc) is 3.79. The molecule has 4 aliphatic rings. The Labute approximate surface area is 213 Å². The number of hydrogen-bond acceptors (Lipinski definition) is 8. The molecule has 0 bridgehead atoms. The van der Waals surface area contributed by atoms with Crippen molar-refractivity contribution in [3.05, 3.63) is 41.7 Å². The number of nitrogens with zero attached hydrogens (tertiary/aromatic N) is 4. The maximum absolute atomic E-state index is 12.2. The Kier molecular flexibility index (Phi) is 5.71. The number of para-hydroxylation sites is 1. The van der Waals surface area contributed by atoms with Crippen molar-refractivity contribution >= 4 is 47.0 Å². The number of primary amides is 1. The predicted molar refractivity (Wildman–Crippen MR) is 137 cm³/mol. The topological polar surface area (TPSA) is 144 Å². The largest absolute Gasteiger partial charge is 0.494 e. The molecule has 190 valence electrons. The Morgan fingerprint density at radius 3 is 2.78 bits per heavy atom. The van der Waals surface area contributed by atoms with E-state index in [0.717, 1.165) is 49.8 Å². The van der Waals surface area contributed by atoms with E-state index in [-0.39, 0.29) is 28.9 Å². The smallest absolute Gasteiger partial charge is 0.271 e. The number of anilines is 3. The summed E-state index contributed by atoms with van der Waals surface area (Å²) < 4.78 is 13.6. The molecule has 11 nitrogen and oxygen atoms in total. The van der Waals surface area contributed by atoms with Crippen LogP contribution in [0.2, 0.25) is 0 Å². The molecule has 0 radical (unpaired) electrons. The van der Waals surface area contributed by atoms with Crippen LogP contribution in [-0.4, -0.2) is 58.4 Å². The minimum absolute atomic E-state index is 0.0000309. The van der Waals surface area contributed by atoms with Crippen LogP contribution in [0, 0.1) is 11.8 Å². The van der Waals surface area contributed by atoms with Crippen LogP contribution in [0.1, 0.15) is 48.2 Å². The summed E-state index contributed by atoms with van der Waals surface area (Å²) in [6.45, 7) is 0.792. The van der Waals surface area contributed by atoms with Gasteiger partial charge in [0.1, 0.15) is 12.0 Å². The van der Waals surface area contributed by atoms with Crippen molar-refractivity contribution in [2.24, 2.45) is 22.7 Å². The third-order valence-corrected chi connectivity index (χ3v) is 7.20. The molecule has 2 aromatic rings. The van der Waals surface area contributed by atoms with Gasteiger partial charge in [0.15, 0.2) is 17.7 Å². The maximum atomic E-state index is 12.2. The molecular formula is C26H28N7O4+. The number of hydrogen-bond donors (Lipinski definition) is 3. The van der Waals surface area contributed by atoms with Crippen LogP contribution in [0.5, 0.6) is 5.75 Å². The number of allylic oxidation sites excluding steroid dienone is 1. The van der Waals surface area contributed by atoms with Gasteiger partial charge in [-0.3, -0.25) is 9.59 Å². The highest BCUT2D eigenvalue weighted by Crippen LogP contribution is 2.50. The second-order valence-electron chi connectivity index (χ2n) is 9.80. The minimum atomic E-state index is -0.744. The van der Waals surface area contributed by atoms with E-state index in [1.807, 2.05) is 29.1 Å². The second kappa shape index (κ2) is 9.07. The highest BCUT2D eigenvalue weighted by molar-refractivity contribution is 6.12. The van der Waals surface area contributed by atoms with Gasteiger partial charge < -0.3 is 25.8 Å². The van der Waals surface area contributed by atoms with Crippen molar-refractivity contribution in [2.45, 2.75) is 37.7 Å². The highest BCUT2D eigenvalue weighted by atomic mass is 16.5. The first-order valence-electron chi connectivity index (χ1n) is 12.4. The number of nitrogens with two attached hydrogens (primary N) is 1. The van der Waals surface area contributed by atoms with Crippen LogP contribution in [-0.2, 0) is 9.53 Å². The number of carbonyl (C=O) groups is 2. The van der Waals surface area contributed by atoms with Gasteiger partial charge in [-0.25, -0.2) is 0 Å². The Morgan fingerprint density at radius 2 is 2.05 bits per heavy atom. The molecule has 1 aromatic heterocycles. The fraction of sp³-hybridized carbons (Fsp3) is 0.385. The number of methoxy groups -OCH3 is 1. The Bertz CT molecular complexity index is 1370. The molecular weight excluding hydrogens is 474 g/mol. The van der Waals surface area contributed by atoms with Crippen molar-refractivity contribution in [1.29, 1.82) is 0 Å². The molecule has 2 amide bonds. The summed E-state index contributed by atoms with van der Waals surface area (Å²) in [5, 5.41) is 18.4. The van der Waals surface area contributed by atoms with Crippen LogP contribution in [0.15, 0.2) is 35.6 Å². The number of hydrazone groups is 1. The molecule has 4 N–H and O–H groups in total. The second-order valence-corrected chi connectivity index (χ2v) is 9.80. The van der Waals surface area contributed by atoms with Crippen LogP contribution in [0.3, 0.4) is 0 Å². The number of ether oxygens (including phenoxy) is 2. The normalized spacial score (nSPS) is 22.2. The average molecular weight is 503 g/mol. The van der Waals surface area contributed by atoms with E-state index < -0.39 is 5.91 Å². The lowest BCUT2D eigenvalue weighted by Crippen LogP contribution is -2.21. The summed E-state index contributed by atoms with van der Waals surface area (Å²) in [4.78, 5) is 24.2. The molecule has 1 aromatic carbocycles. The molecule has 6 rings (SSSR count). The number of nitrogens with one attached hydrogen (secondary N) is 2. The van der Waals surface area contributed by atoms with Gasteiger partial charge in [0.2, 0.25) is 12.1 Å². The summed E-state index contributed by atoms with van der Waals surface area (Å²) in [7, 11) is 1.58. The van der Waals surface area contributed by atoms with E-state index in [9.17, 15) is 9.59 Å². The molecule has 3 fully saturated rings. The monoisotopic (exact) mass is 502 g/mol. The van der Waals surface area contributed by atoms with Gasteiger partial charge in [0, 0.05) is 24.2 Å². The van der Waals surface area contributed by atoms with E-state index in [1.165, 1.54) is 0 Å². The van der Waals surface area contributed by atoms with Gasteiger partial charge in [-0.15, -0.1) is 10.2 Å². The summed E-state index contributed by atoms with van der Waals surface area (Å²) in [6.07, 6.45) is 10.8. The lowest BCUT2D eigenvalue weighted by atomic mass is 10.0. The lowest BCUT2D eigenvalue weighted by Gasteiger charge is -2.16. The van der Waals surface area contributed by atoms with Gasteiger partial charge in [0.25, 0.3) is 5.91 Å². The summed E-state index contributed by atoms with van der Waals surface area (Å²) in [5.74, 6) is 0.293. The SMILES string of the molecule is COc1c(Nc2cc(NC(=O)C3CC3)nnc2C(N)=O)cccc1C1=C/[N+](=C/C2CCOC23CC3)N=C1. The van der Waals surface area contributed by atoms with Crippen LogP contribution in [0.25, 0.3) is 5.57 Å². The maximum Gasteiger partial charge on any atom is 0.271 e. The fourth-order valence-corrected chi connectivity index (χ4v) is 4.88. The lowest BCUT2D eigenvalue weighted by molar-refractivity contribution is -0.454. The first kappa shape index (κ1) is 23.3. The van der Waals surface area contributed by atoms with Gasteiger partial charge >= 0.3 is 0 Å². The van der Waals surface area contributed by atoms with Crippen LogP contribution in [0.4, 0.5) is 17.2 Å². The molecule has 37 heavy (non-hydrogen) atoms. The Balaban J connectivity index is 1.28.